The van der Waals surface area contributed by atoms with Gasteiger partial charge in [0.15, 0.2) is 0 Å². The number of ketones is 1. The van der Waals surface area contributed by atoms with E-state index in [-0.39, 0.29) is 113 Å². The van der Waals surface area contributed by atoms with Gasteiger partial charge in [0, 0.05) is 142 Å². The molecule has 2 fully saturated rings. The molecule has 0 amide bonds. The number of para-hydroxylation sites is 2. The van der Waals surface area contributed by atoms with Crippen molar-refractivity contribution in [1.82, 2.24) is 90.9 Å². The topological polar surface area (TPSA) is 275 Å². The molecule has 0 aliphatic heterocycles. The molecule has 10 aromatic heterocycles. The summed E-state index contributed by atoms with van der Waals surface area (Å²) < 4.78 is 0. The van der Waals surface area contributed by atoms with E-state index in [4.69, 9.17) is 25.0 Å². The number of pyridine rings is 2. The molecule has 20 nitrogen and oxygen atoms in total. The summed E-state index contributed by atoms with van der Waals surface area (Å²) in [5.41, 5.74) is 23.5. The van der Waals surface area contributed by atoms with Crippen LogP contribution in [0.15, 0.2) is 140 Å². The molecule has 666 valence electrons. The largest absolute Gasteiger partial charge is 2.00 e. The molecule has 0 spiro atoms. The van der Waals surface area contributed by atoms with Gasteiger partial charge in [0.2, 0.25) is 0 Å². The summed E-state index contributed by atoms with van der Waals surface area (Å²) in [6.45, 7) is 58.6. The predicted molar refractivity (Wildman–Crippen MR) is 492 cm³/mol. The van der Waals surface area contributed by atoms with E-state index < -0.39 is 6.10 Å². The SMILES string of the molecule is CC(=O)CC(C)O.CC(C)Cc1cnc(-c2cc(C(C)(C)C)n[n-]2)nc1.CC(C)c1cccc2cnc(-c3[n-]nc4c3C3CCC4(C)C3(C)C)cc12.CC(C)c1cccc2cnc(-c3[n-]nc4c3C3CCC4(C)C3(C)C)cc12.CC(C)c1cccc2cnc(-c3cc(C(C)(C)C)n[n-]3)nc12.CC(C)c1cccc2cnc(-c3cc(C(C)(C)C)n[n-]3)nc12.[Pt+2].[Pt+2].[Pt]. The van der Waals surface area contributed by atoms with E-state index in [1.165, 1.54) is 98.9 Å². The van der Waals surface area contributed by atoms with Crippen molar-refractivity contribution in [2.24, 2.45) is 16.7 Å². The Bertz CT molecular complexity index is 5770. The first kappa shape index (κ1) is 98.4. The van der Waals surface area contributed by atoms with Crippen LogP contribution in [0, 0.1) is 16.7 Å². The van der Waals surface area contributed by atoms with E-state index in [0.29, 0.717) is 58.9 Å². The first-order valence-electron chi connectivity index (χ1n) is 43.8. The molecule has 2 saturated carbocycles. The average molecular weight is 2220 g/mol. The second-order valence-corrected chi connectivity index (χ2v) is 40.6. The third-order valence-electron chi connectivity index (χ3n) is 26.1. The number of carbonyl (C=O) groups is 1. The summed E-state index contributed by atoms with van der Waals surface area (Å²) >= 11 is 0. The molecule has 14 aromatic rings. The minimum Gasteiger partial charge on any atom is -0.573 e. The van der Waals surface area contributed by atoms with Gasteiger partial charge in [-0.1, -0.05) is 293 Å². The number of fused-ring (bicyclic) bond motifs is 14. The van der Waals surface area contributed by atoms with Crippen LogP contribution < -0.4 is 25.5 Å². The van der Waals surface area contributed by atoms with E-state index in [2.05, 4.69) is 317 Å². The van der Waals surface area contributed by atoms with Crippen LogP contribution in [-0.2, 0) is 101 Å². The molecule has 10 heterocycles. The number of benzene rings is 4. The van der Waals surface area contributed by atoms with Crippen LogP contribution in [0.4, 0.5) is 0 Å². The molecule has 4 aliphatic rings. The van der Waals surface area contributed by atoms with E-state index in [1.807, 2.05) is 67.5 Å². The molecule has 5 unspecified atom stereocenters. The average Bonchev–Trinajstić information content (AvgIpc) is 1.52. The van der Waals surface area contributed by atoms with Crippen molar-refractivity contribution >= 4 is 49.1 Å². The molecule has 4 aromatic carbocycles. The number of Topliss-reactive ketones (excluding diaryl/α,β-unsaturated/α-hetero) is 1. The van der Waals surface area contributed by atoms with Crippen molar-refractivity contribution in [3.05, 3.63) is 208 Å². The van der Waals surface area contributed by atoms with Crippen LogP contribution >= 0.6 is 0 Å². The third kappa shape index (κ3) is 20.2. The smallest absolute Gasteiger partial charge is 0.573 e. The number of hydrogen-bond donors (Lipinski definition) is 1. The van der Waals surface area contributed by atoms with E-state index in [0.717, 1.165) is 90.7 Å². The van der Waals surface area contributed by atoms with Gasteiger partial charge in [0.05, 0.1) is 28.5 Å². The zero-order valence-corrected chi connectivity index (χ0v) is 84.8. The quantitative estimate of drug-likeness (QED) is 0.112. The van der Waals surface area contributed by atoms with Crippen LogP contribution in [0.2, 0.25) is 0 Å². The predicted octanol–water partition coefficient (Wildman–Crippen LogP) is 22.6. The molecular weight excluding hydrogens is 2090 g/mol. The Balaban J connectivity index is 0.000000160. The van der Waals surface area contributed by atoms with Gasteiger partial charge in [-0.15, -0.1) is 0 Å². The Hall–Kier alpha value is -8.80. The summed E-state index contributed by atoms with van der Waals surface area (Å²) in [5, 5.41) is 59.6. The van der Waals surface area contributed by atoms with Crippen LogP contribution in [0.1, 0.15) is 322 Å². The van der Waals surface area contributed by atoms with Gasteiger partial charge >= 0.3 is 42.1 Å². The molecule has 23 heteroatoms. The number of aliphatic hydroxyl groups is 1. The Morgan fingerprint density at radius 1 is 0.432 bits per heavy atom. The van der Waals surface area contributed by atoms with E-state index in [9.17, 15) is 4.79 Å². The van der Waals surface area contributed by atoms with Gasteiger partial charge in [-0.3, -0.25) is 14.8 Å². The zero-order valence-electron chi connectivity index (χ0n) is 78.0. The molecule has 4 bridgehead atoms. The number of nitrogens with zero attached hydrogens (tertiary/aromatic N) is 18. The van der Waals surface area contributed by atoms with Gasteiger partial charge in [-0.2, -0.15) is 0 Å². The molecule has 4 aliphatic carbocycles. The van der Waals surface area contributed by atoms with Crippen LogP contribution in [0.25, 0.3) is 101 Å². The number of aromatic nitrogens is 18. The van der Waals surface area contributed by atoms with Crippen LogP contribution in [-0.4, -0.2) is 82.4 Å². The second-order valence-electron chi connectivity index (χ2n) is 40.6. The molecular formula is C102H125N18O2Pt3-. The first-order valence-corrected chi connectivity index (χ1v) is 43.8. The summed E-state index contributed by atoms with van der Waals surface area (Å²) in [4.78, 5) is 46.8. The summed E-state index contributed by atoms with van der Waals surface area (Å²) in [6, 6.07) is 35.9. The molecule has 18 rings (SSSR count). The number of rotatable bonds is 13. The van der Waals surface area contributed by atoms with Gasteiger partial charge in [0.1, 0.15) is 23.3 Å². The minimum absolute atomic E-state index is 0. The maximum absolute atomic E-state index is 10.1. The first-order chi connectivity index (χ1) is 57.4. The van der Waals surface area contributed by atoms with Crippen molar-refractivity contribution in [2.45, 2.75) is 294 Å². The fourth-order valence-corrected chi connectivity index (χ4v) is 18.1. The standard InChI is InChI=1S/2C23H26N3.2C18H21N4.C15H21N4.C5H10O2.3Pt/c2*1-13(2)15-8-6-7-14-12-24-18(11-16(14)15)20-19-17-9-10-23(5,22(17,3)4)21(19)26-25-20;2*1-11(2)13-8-6-7-12-10-19-17(20-16(12)13)14-9-15(22-21-14)18(3,4)5;1-10(2)6-11-8-16-14(17-9-11)12-7-13(19-18-12)15(3,4)5;1-4(6)3-5(2)7;;;/h2*6-8,11-13,17H,9-10H2,1-5H3;2*6-11H,1-5H3;7-10H,6H2,1-5H3;4,6H,3H2,1-2H3;;;/q5*-1;;;2*+2. The second kappa shape index (κ2) is 38.6. The number of carbonyl (C=O) groups excluding carboxylic acids is 1. The van der Waals surface area contributed by atoms with Crippen molar-refractivity contribution < 1.29 is 73.1 Å². The summed E-state index contributed by atoms with van der Waals surface area (Å²) in [6.07, 6.45) is 17.2. The van der Waals surface area contributed by atoms with Crippen molar-refractivity contribution in [1.29, 1.82) is 0 Å². The molecule has 1 N–H and O–H groups in total. The van der Waals surface area contributed by atoms with Gasteiger partial charge in [-0.25, -0.2) is 29.9 Å². The molecule has 0 saturated heterocycles. The molecule has 125 heavy (non-hydrogen) atoms. The number of aliphatic hydroxyl groups excluding tert-OH is 1. The summed E-state index contributed by atoms with van der Waals surface area (Å²) in [5.74, 6) is 5.48. The molecule has 0 radical (unpaired) electrons. The fourth-order valence-electron chi connectivity index (χ4n) is 18.1. The maximum atomic E-state index is 10.1. The van der Waals surface area contributed by atoms with Gasteiger partial charge in [0.25, 0.3) is 0 Å². The Morgan fingerprint density at radius 2 is 0.760 bits per heavy atom. The zero-order chi connectivity index (χ0) is 88.3. The number of hydrogen-bond acceptors (Lipinski definition) is 15. The van der Waals surface area contributed by atoms with Gasteiger partial charge < -0.3 is 56.1 Å². The summed E-state index contributed by atoms with van der Waals surface area (Å²) in [7, 11) is 0. The van der Waals surface area contributed by atoms with Gasteiger partial charge in [-0.05, 0) is 160 Å². The maximum Gasteiger partial charge on any atom is 2.00 e. The third-order valence-corrected chi connectivity index (χ3v) is 26.1. The fraction of sp³-hybridized carbons (Fsp3) is 0.471. The van der Waals surface area contributed by atoms with Crippen molar-refractivity contribution in [3.63, 3.8) is 0 Å². The van der Waals surface area contributed by atoms with Crippen LogP contribution in [0.3, 0.4) is 0 Å². The van der Waals surface area contributed by atoms with Crippen molar-refractivity contribution in [3.8, 4) is 57.3 Å². The molecule has 5 atom stereocenters. The van der Waals surface area contributed by atoms with E-state index >= 15 is 0 Å². The normalized spacial score (nSPS) is 17.7. The monoisotopic (exact) mass is 2220 g/mol. The van der Waals surface area contributed by atoms with Crippen molar-refractivity contribution in [2.75, 3.05) is 0 Å². The van der Waals surface area contributed by atoms with Crippen LogP contribution in [0.5, 0.6) is 0 Å². The Labute approximate surface area is 782 Å². The van der Waals surface area contributed by atoms with E-state index in [1.54, 1.807) is 6.92 Å². The minimum atomic E-state index is -0.475. The Morgan fingerprint density at radius 3 is 1.07 bits per heavy atom. The Kier molecular flexibility index (Phi) is 30.4.